The van der Waals surface area contributed by atoms with Crippen molar-refractivity contribution >= 4 is 0 Å². The van der Waals surface area contributed by atoms with E-state index in [2.05, 4.69) is 5.32 Å². The monoisotopic (exact) mass is 197 g/mol. The molecule has 1 heterocycles. The summed E-state index contributed by atoms with van der Waals surface area (Å²) in [6.07, 6.45) is 9.81. The van der Waals surface area contributed by atoms with Crippen LogP contribution in [-0.4, -0.2) is 25.8 Å². The summed E-state index contributed by atoms with van der Waals surface area (Å²) in [6, 6.07) is 0.644. The fourth-order valence-corrected chi connectivity index (χ4v) is 2.63. The van der Waals surface area contributed by atoms with E-state index in [0.717, 1.165) is 19.1 Å². The van der Waals surface area contributed by atoms with E-state index in [1.165, 1.54) is 51.5 Å². The van der Waals surface area contributed by atoms with Crippen LogP contribution in [-0.2, 0) is 4.74 Å². The predicted molar refractivity (Wildman–Crippen MR) is 58.4 cm³/mol. The van der Waals surface area contributed by atoms with Gasteiger partial charge in [-0.3, -0.25) is 0 Å². The second-order valence-corrected chi connectivity index (χ2v) is 4.83. The molecular weight excluding hydrogens is 174 g/mol. The molecule has 1 saturated carbocycles. The van der Waals surface area contributed by atoms with Crippen molar-refractivity contribution in [2.24, 2.45) is 5.92 Å². The first kappa shape index (κ1) is 10.4. The Kier molecular flexibility index (Phi) is 4.26. The van der Waals surface area contributed by atoms with Gasteiger partial charge in [0.15, 0.2) is 0 Å². The van der Waals surface area contributed by atoms with Gasteiger partial charge < -0.3 is 10.1 Å². The second-order valence-electron chi connectivity index (χ2n) is 4.83. The van der Waals surface area contributed by atoms with Crippen LogP contribution in [0.2, 0.25) is 0 Å². The van der Waals surface area contributed by atoms with Gasteiger partial charge in [0.1, 0.15) is 0 Å². The molecule has 0 spiro atoms. The number of hydrogen-bond donors (Lipinski definition) is 1. The molecule has 2 heteroatoms. The van der Waals surface area contributed by atoms with Crippen LogP contribution in [0.25, 0.3) is 0 Å². The van der Waals surface area contributed by atoms with Gasteiger partial charge in [-0.05, 0) is 38.1 Å². The van der Waals surface area contributed by atoms with Gasteiger partial charge in [-0.15, -0.1) is 0 Å². The lowest BCUT2D eigenvalue weighted by Gasteiger charge is -2.27. The van der Waals surface area contributed by atoms with E-state index in [0.29, 0.717) is 6.04 Å². The third-order valence-corrected chi connectivity index (χ3v) is 3.58. The maximum Gasteiger partial charge on any atom is 0.0619 e. The van der Waals surface area contributed by atoms with Crippen molar-refractivity contribution in [3.05, 3.63) is 0 Å². The first-order chi connectivity index (χ1) is 6.95. The van der Waals surface area contributed by atoms with Gasteiger partial charge in [-0.2, -0.15) is 0 Å². The van der Waals surface area contributed by atoms with Gasteiger partial charge in [0.05, 0.1) is 6.61 Å². The topological polar surface area (TPSA) is 21.3 Å². The molecule has 0 aromatic carbocycles. The van der Waals surface area contributed by atoms with Crippen molar-refractivity contribution in [2.45, 2.75) is 51.0 Å². The van der Waals surface area contributed by atoms with Crippen molar-refractivity contribution in [3.8, 4) is 0 Å². The molecule has 0 aromatic heterocycles. The predicted octanol–water partition coefficient (Wildman–Crippen LogP) is 2.34. The largest absolute Gasteiger partial charge is 0.380 e. The smallest absolute Gasteiger partial charge is 0.0619 e. The Morgan fingerprint density at radius 2 is 1.86 bits per heavy atom. The average molecular weight is 197 g/mol. The summed E-state index contributed by atoms with van der Waals surface area (Å²) in [5, 5.41) is 3.67. The quantitative estimate of drug-likeness (QED) is 0.750. The Hall–Kier alpha value is -0.0800. The van der Waals surface area contributed by atoms with Crippen LogP contribution in [0.4, 0.5) is 0 Å². The Bertz CT molecular complexity index is 130. The van der Waals surface area contributed by atoms with E-state index in [1.54, 1.807) is 0 Å². The normalized spacial score (nSPS) is 30.4. The highest BCUT2D eigenvalue weighted by atomic mass is 16.5. The minimum atomic E-state index is 0.644. The molecule has 2 fully saturated rings. The molecule has 0 bridgehead atoms. The first-order valence-electron chi connectivity index (χ1n) is 6.26. The van der Waals surface area contributed by atoms with Crippen molar-refractivity contribution in [1.29, 1.82) is 0 Å². The van der Waals surface area contributed by atoms with Gasteiger partial charge in [0, 0.05) is 12.6 Å². The Morgan fingerprint density at radius 1 is 1.00 bits per heavy atom. The molecule has 1 aliphatic heterocycles. The Labute approximate surface area is 87.4 Å². The Balaban J connectivity index is 1.60. The van der Waals surface area contributed by atoms with E-state index >= 15 is 0 Å². The lowest BCUT2D eigenvalue weighted by molar-refractivity contribution is 0.0684. The van der Waals surface area contributed by atoms with Gasteiger partial charge in [-0.25, -0.2) is 0 Å². The van der Waals surface area contributed by atoms with Crippen LogP contribution >= 0.6 is 0 Å². The van der Waals surface area contributed by atoms with Crippen LogP contribution in [0.15, 0.2) is 0 Å². The van der Waals surface area contributed by atoms with E-state index < -0.39 is 0 Å². The Morgan fingerprint density at radius 3 is 2.57 bits per heavy atom. The zero-order chi connectivity index (χ0) is 9.64. The summed E-state index contributed by atoms with van der Waals surface area (Å²) in [7, 11) is 0. The molecule has 0 radical (unpaired) electrons. The zero-order valence-electron chi connectivity index (χ0n) is 9.13. The minimum Gasteiger partial charge on any atom is -0.380 e. The molecular formula is C12H23NO. The number of ether oxygens (including phenoxy) is 1. The van der Waals surface area contributed by atoms with E-state index in [1.807, 2.05) is 0 Å². The molecule has 0 amide bonds. The average Bonchev–Trinajstić information content (AvgIpc) is 2.29. The molecule has 1 saturated heterocycles. The van der Waals surface area contributed by atoms with Gasteiger partial charge >= 0.3 is 0 Å². The maximum absolute atomic E-state index is 5.46. The number of hydrogen-bond acceptors (Lipinski definition) is 2. The fraction of sp³-hybridized carbons (Fsp3) is 1.00. The molecule has 1 atom stereocenters. The lowest BCUT2D eigenvalue weighted by Crippen LogP contribution is -2.39. The molecule has 1 aliphatic carbocycles. The van der Waals surface area contributed by atoms with Crippen molar-refractivity contribution in [2.75, 3.05) is 19.8 Å². The van der Waals surface area contributed by atoms with Crippen molar-refractivity contribution < 1.29 is 4.74 Å². The van der Waals surface area contributed by atoms with Crippen LogP contribution in [0, 0.1) is 5.92 Å². The minimum absolute atomic E-state index is 0.644. The number of rotatable bonds is 3. The summed E-state index contributed by atoms with van der Waals surface area (Å²) in [6.45, 7) is 3.14. The van der Waals surface area contributed by atoms with Gasteiger partial charge in [-0.1, -0.05) is 19.3 Å². The summed E-state index contributed by atoms with van der Waals surface area (Å²) in [5.74, 6) is 0.950. The molecule has 2 aliphatic rings. The van der Waals surface area contributed by atoms with Crippen LogP contribution in [0.1, 0.15) is 44.9 Å². The molecule has 14 heavy (non-hydrogen) atoms. The summed E-state index contributed by atoms with van der Waals surface area (Å²) < 4.78 is 5.46. The van der Waals surface area contributed by atoms with Crippen molar-refractivity contribution in [3.63, 3.8) is 0 Å². The number of nitrogens with one attached hydrogen (secondary N) is 1. The highest BCUT2D eigenvalue weighted by Crippen LogP contribution is 2.23. The van der Waals surface area contributed by atoms with Crippen LogP contribution < -0.4 is 5.32 Å². The molecule has 2 rings (SSSR count). The fourth-order valence-electron chi connectivity index (χ4n) is 2.63. The van der Waals surface area contributed by atoms with Crippen LogP contribution in [0.5, 0.6) is 0 Å². The van der Waals surface area contributed by atoms with E-state index in [-0.39, 0.29) is 0 Å². The zero-order valence-corrected chi connectivity index (χ0v) is 9.13. The molecule has 0 aromatic rings. The molecule has 1 N–H and O–H groups in total. The summed E-state index contributed by atoms with van der Waals surface area (Å²) in [4.78, 5) is 0. The van der Waals surface area contributed by atoms with Gasteiger partial charge in [0.25, 0.3) is 0 Å². The molecule has 1 unspecified atom stereocenters. The van der Waals surface area contributed by atoms with Gasteiger partial charge in [0.2, 0.25) is 0 Å². The molecule has 82 valence electrons. The summed E-state index contributed by atoms with van der Waals surface area (Å²) >= 11 is 0. The van der Waals surface area contributed by atoms with Crippen LogP contribution in [0.3, 0.4) is 0 Å². The standard InChI is InChI=1S/C12H23NO/c1-2-5-11(6-3-1)9-13-12-7-4-8-14-10-12/h11-13H,1-10H2. The first-order valence-corrected chi connectivity index (χ1v) is 6.26. The summed E-state index contributed by atoms with van der Waals surface area (Å²) in [5.41, 5.74) is 0. The highest BCUT2D eigenvalue weighted by molar-refractivity contribution is 4.74. The molecule has 2 nitrogen and oxygen atoms in total. The highest BCUT2D eigenvalue weighted by Gasteiger charge is 2.17. The third kappa shape index (κ3) is 3.25. The van der Waals surface area contributed by atoms with Crippen molar-refractivity contribution in [1.82, 2.24) is 5.32 Å². The maximum atomic E-state index is 5.46. The SMILES string of the molecule is C1CCC(CNC2CCCOC2)CC1. The lowest BCUT2D eigenvalue weighted by atomic mass is 9.89. The van der Waals surface area contributed by atoms with E-state index in [4.69, 9.17) is 4.74 Å². The van der Waals surface area contributed by atoms with E-state index in [9.17, 15) is 0 Å². The second kappa shape index (κ2) is 5.72. The third-order valence-electron chi connectivity index (χ3n) is 3.58.